The number of aryl methyl sites for hydroxylation is 2. The molecule has 0 heterocycles. The van der Waals surface area contributed by atoms with Gasteiger partial charge in [-0.05, 0) is 25.0 Å². The van der Waals surface area contributed by atoms with Gasteiger partial charge in [0.1, 0.15) is 5.75 Å². The fourth-order valence-corrected chi connectivity index (χ4v) is 1.04. The van der Waals surface area contributed by atoms with Crippen LogP contribution >= 0.6 is 0 Å². The Morgan fingerprint density at radius 3 is 2.25 bits per heavy atom. The number of carbonyl (C=O) groups is 1. The Balaban J connectivity index is 3.04. The molecule has 0 spiro atoms. The van der Waals surface area contributed by atoms with Gasteiger partial charge in [-0.25, -0.2) is 4.79 Å². The topological polar surface area (TPSA) is 26.3 Å². The van der Waals surface area contributed by atoms with E-state index in [1.54, 1.807) is 26.0 Å². The first kappa shape index (κ1) is 8.71. The number of rotatable bonds is 1. The van der Waals surface area contributed by atoms with Crippen LogP contribution < -0.4 is 4.74 Å². The summed E-state index contributed by atoms with van der Waals surface area (Å²) >= 11 is 0. The van der Waals surface area contributed by atoms with Crippen molar-refractivity contribution in [3.8, 4) is 5.75 Å². The summed E-state index contributed by atoms with van der Waals surface area (Å²) in [4.78, 5) is 10.0. The van der Waals surface area contributed by atoms with Gasteiger partial charge < -0.3 is 4.74 Å². The van der Waals surface area contributed by atoms with Crippen LogP contribution in [0.5, 0.6) is 5.75 Å². The maximum atomic E-state index is 11.9. The van der Waals surface area contributed by atoms with Crippen molar-refractivity contribution in [3.63, 3.8) is 0 Å². The summed E-state index contributed by atoms with van der Waals surface area (Å²) in [6, 6.07) is 5.33. The molecule has 64 valence electrons. The van der Waals surface area contributed by atoms with Crippen LogP contribution in [-0.4, -0.2) is 6.22 Å². The Kier molecular flexibility index (Phi) is 2.43. The quantitative estimate of drug-likeness (QED) is 0.602. The minimum Gasteiger partial charge on any atom is -0.401 e. The molecule has 3 heteroatoms. The lowest BCUT2D eigenvalue weighted by Gasteiger charge is -2.05. The van der Waals surface area contributed by atoms with E-state index in [9.17, 15) is 9.18 Å². The number of halogens is 1. The first-order valence-electron chi connectivity index (χ1n) is 3.55. The molecule has 0 amide bonds. The molecule has 2 nitrogen and oxygen atoms in total. The summed E-state index contributed by atoms with van der Waals surface area (Å²) in [5, 5.41) is 0. The van der Waals surface area contributed by atoms with Crippen molar-refractivity contribution in [1.29, 1.82) is 0 Å². The Bertz CT molecular complexity index is 287. The lowest BCUT2D eigenvalue weighted by molar-refractivity contribution is 0.175. The molecule has 0 bridgehead atoms. The lowest BCUT2D eigenvalue weighted by atomic mass is 10.1. The highest BCUT2D eigenvalue weighted by Crippen LogP contribution is 2.22. The highest BCUT2D eigenvalue weighted by Gasteiger charge is 2.07. The fourth-order valence-electron chi connectivity index (χ4n) is 1.04. The van der Waals surface area contributed by atoms with Crippen LogP contribution in [0.2, 0.25) is 0 Å². The van der Waals surface area contributed by atoms with E-state index >= 15 is 0 Å². The van der Waals surface area contributed by atoms with E-state index in [1.165, 1.54) is 0 Å². The van der Waals surface area contributed by atoms with Crippen LogP contribution in [0.3, 0.4) is 0 Å². The lowest BCUT2D eigenvalue weighted by Crippen LogP contribution is -2.00. The summed E-state index contributed by atoms with van der Waals surface area (Å²) in [5.74, 6) is 0.310. The molecule has 1 aromatic rings. The standard InChI is InChI=1S/C9H9FO2/c1-6-4-3-5-7(2)8(6)12-9(10)11/h3-5H,1-2H3. The molecule has 0 saturated heterocycles. The number of hydrogen-bond donors (Lipinski definition) is 0. The number of hydrogen-bond acceptors (Lipinski definition) is 2. The third-order valence-electron chi connectivity index (χ3n) is 1.59. The normalized spacial score (nSPS) is 9.58. The molecule has 0 fully saturated rings. The monoisotopic (exact) mass is 168 g/mol. The Hall–Kier alpha value is -1.38. The molecule has 0 unspecified atom stereocenters. The maximum absolute atomic E-state index is 11.9. The highest BCUT2D eigenvalue weighted by molar-refractivity contribution is 5.63. The van der Waals surface area contributed by atoms with Gasteiger partial charge in [0, 0.05) is 0 Å². The second kappa shape index (κ2) is 3.34. The molecule has 1 aromatic carbocycles. The zero-order chi connectivity index (χ0) is 9.14. The Labute approximate surface area is 70.0 Å². The summed E-state index contributed by atoms with van der Waals surface area (Å²) in [5.41, 5.74) is 1.50. The highest BCUT2D eigenvalue weighted by atomic mass is 19.1. The van der Waals surface area contributed by atoms with Gasteiger partial charge in [-0.1, -0.05) is 18.2 Å². The van der Waals surface area contributed by atoms with Crippen LogP contribution in [0.25, 0.3) is 0 Å². The van der Waals surface area contributed by atoms with Gasteiger partial charge in [-0.3, -0.25) is 0 Å². The summed E-state index contributed by atoms with van der Waals surface area (Å²) in [7, 11) is 0. The Morgan fingerprint density at radius 2 is 1.83 bits per heavy atom. The van der Waals surface area contributed by atoms with E-state index in [1.807, 2.05) is 6.07 Å². The first-order chi connectivity index (χ1) is 5.61. The van der Waals surface area contributed by atoms with Crippen molar-refractivity contribution in [2.45, 2.75) is 13.8 Å². The van der Waals surface area contributed by atoms with E-state index in [0.717, 1.165) is 11.1 Å². The van der Waals surface area contributed by atoms with Crippen molar-refractivity contribution in [3.05, 3.63) is 29.3 Å². The molecule has 0 atom stereocenters. The van der Waals surface area contributed by atoms with Gasteiger partial charge in [-0.2, -0.15) is 0 Å². The van der Waals surface area contributed by atoms with Gasteiger partial charge in [0.2, 0.25) is 0 Å². The third kappa shape index (κ3) is 1.81. The fraction of sp³-hybridized carbons (Fsp3) is 0.222. The van der Waals surface area contributed by atoms with Gasteiger partial charge in [-0.15, -0.1) is 4.39 Å². The van der Waals surface area contributed by atoms with Gasteiger partial charge in [0.25, 0.3) is 0 Å². The van der Waals surface area contributed by atoms with Crippen molar-refractivity contribution in [1.82, 2.24) is 0 Å². The molecule has 0 aromatic heterocycles. The molecule has 1 rings (SSSR count). The van der Waals surface area contributed by atoms with Crippen molar-refractivity contribution < 1.29 is 13.9 Å². The largest absolute Gasteiger partial charge is 0.500 e. The van der Waals surface area contributed by atoms with Crippen LogP contribution in [0.4, 0.5) is 9.18 Å². The van der Waals surface area contributed by atoms with E-state index in [-0.39, 0.29) is 0 Å². The van der Waals surface area contributed by atoms with Crippen molar-refractivity contribution >= 4 is 6.22 Å². The van der Waals surface area contributed by atoms with Gasteiger partial charge in [0.15, 0.2) is 0 Å². The second-order valence-electron chi connectivity index (χ2n) is 2.56. The van der Waals surface area contributed by atoms with Crippen LogP contribution in [0.1, 0.15) is 11.1 Å². The van der Waals surface area contributed by atoms with Crippen LogP contribution in [0.15, 0.2) is 18.2 Å². The number of para-hydroxylation sites is 1. The molecule has 0 radical (unpaired) electrons. The number of ether oxygens (including phenoxy) is 1. The smallest absolute Gasteiger partial charge is 0.401 e. The number of carbonyl (C=O) groups excluding carboxylic acids is 1. The molecule has 0 saturated carbocycles. The first-order valence-corrected chi connectivity index (χ1v) is 3.55. The summed E-state index contributed by atoms with van der Waals surface area (Å²) in [6.07, 6.45) is -1.77. The minimum absolute atomic E-state index is 0.310. The minimum atomic E-state index is -1.77. The average Bonchev–Trinajstić information content (AvgIpc) is 1.97. The molecular formula is C9H9FO2. The Morgan fingerprint density at radius 1 is 1.33 bits per heavy atom. The van der Waals surface area contributed by atoms with Crippen molar-refractivity contribution in [2.24, 2.45) is 0 Å². The van der Waals surface area contributed by atoms with E-state index in [0.29, 0.717) is 5.75 Å². The van der Waals surface area contributed by atoms with Gasteiger partial charge in [0.05, 0.1) is 0 Å². The zero-order valence-corrected chi connectivity index (χ0v) is 6.93. The third-order valence-corrected chi connectivity index (χ3v) is 1.59. The van der Waals surface area contributed by atoms with E-state index in [2.05, 4.69) is 4.74 Å². The van der Waals surface area contributed by atoms with Crippen molar-refractivity contribution in [2.75, 3.05) is 0 Å². The predicted molar refractivity (Wildman–Crippen MR) is 43.0 cm³/mol. The second-order valence-corrected chi connectivity index (χ2v) is 2.56. The van der Waals surface area contributed by atoms with Crippen LogP contribution in [0, 0.1) is 13.8 Å². The average molecular weight is 168 g/mol. The molecule has 0 aliphatic heterocycles. The zero-order valence-electron chi connectivity index (χ0n) is 6.93. The number of benzene rings is 1. The van der Waals surface area contributed by atoms with Crippen LogP contribution in [-0.2, 0) is 0 Å². The molecular weight excluding hydrogens is 159 g/mol. The molecule has 0 aliphatic carbocycles. The SMILES string of the molecule is Cc1cccc(C)c1OC(=O)F. The summed E-state index contributed by atoms with van der Waals surface area (Å²) < 4.78 is 16.3. The molecule has 12 heavy (non-hydrogen) atoms. The molecule has 0 N–H and O–H groups in total. The predicted octanol–water partition coefficient (Wildman–Crippen LogP) is 2.77. The van der Waals surface area contributed by atoms with E-state index < -0.39 is 6.22 Å². The molecule has 0 aliphatic rings. The maximum Gasteiger partial charge on any atom is 0.500 e. The summed E-state index contributed by atoms with van der Waals surface area (Å²) in [6.45, 7) is 3.51. The van der Waals surface area contributed by atoms with Gasteiger partial charge >= 0.3 is 6.22 Å². The van der Waals surface area contributed by atoms with E-state index in [4.69, 9.17) is 0 Å².